The zero-order chi connectivity index (χ0) is 19.2. The Kier molecular flexibility index (Phi) is 4.38. The molecule has 3 aliphatic rings. The van der Waals surface area contributed by atoms with Crippen LogP contribution in [0.25, 0.3) is 0 Å². The fourth-order valence-corrected chi connectivity index (χ4v) is 4.71. The first-order valence-corrected chi connectivity index (χ1v) is 9.53. The summed E-state index contributed by atoms with van der Waals surface area (Å²) in [4.78, 5) is 53.6. The Morgan fingerprint density at radius 1 is 1.22 bits per heavy atom. The summed E-state index contributed by atoms with van der Waals surface area (Å²) in [5.41, 5.74) is 5.79. The molecule has 1 saturated carbocycles. The molecule has 4 N–H and O–H groups in total. The van der Waals surface area contributed by atoms with Crippen LogP contribution < -0.4 is 21.5 Å². The highest BCUT2D eigenvalue weighted by Gasteiger charge is 2.54. The van der Waals surface area contributed by atoms with Crippen molar-refractivity contribution in [2.45, 2.75) is 62.9 Å². The number of hydrogen-bond acceptors (Lipinski definition) is 5. The lowest BCUT2D eigenvalue weighted by Gasteiger charge is -2.40. The van der Waals surface area contributed by atoms with E-state index in [0.717, 1.165) is 25.7 Å². The number of nitrogens with one attached hydrogen (secondary N) is 2. The fraction of sp³-hybridized carbons (Fsp3) is 0.579. The van der Waals surface area contributed by atoms with Crippen molar-refractivity contribution in [2.75, 3.05) is 4.90 Å². The van der Waals surface area contributed by atoms with Crippen LogP contribution in [0.4, 0.5) is 5.69 Å². The summed E-state index contributed by atoms with van der Waals surface area (Å²) in [6.45, 7) is 0. The molecule has 0 bridgehead atoms. The average molecular weight is 372 g/mol. The Morgan fingerprint density at radius 3 is 2.67 bits per heavy atom. The molecule has 8 nitrogen and oxygen atoms in total. The van der Waals surface area contributed by atoms with Gasteiger partial charge >= 0.3 is 0 Å². The van der Waals surface area contributed by atoms with E-state index in [4.69, 9.17) is 5.73 Å². The number of amides is 3. The van der Waals surface area contributed by atoms with E-state index in [1.165, 1.54) is 17.2 Å². The summed E-state index contributed by atoms with van der Waals surface area (Å²) in [6.07, 6.45) is 6.15. The molecule has 1 spiro atoms. The van der Waals surface area contributed by atoms with Crippen LogP contribution >= 0.6 is 0 Å². The molecule has 1 saturated heterocycles. The second kappa shape index (κ2) is 6.60. The van der Waals surface area contributed by atoms with E-state index in [0.29, 0.717) is 17.7 Å². The number of nitrogens with two attached hydrogens (primary N) is 1. The van der Waals surface area contributed by atoms with Gasteiger partial charge in [-0.05, 0) is 43.6 Å². The molecule has 1 aliphatic carbocycles. The summed E-state index contributed by atoms with van der Waals surface area (Å²) in [7, 11) is 0. The van der Waals surface area contributed by atoms with Crippen molar-refractivity contribution >= 4 is 23.4 Å². The number of aromatic amines is 1. The van der Waals surface area contributed by atoms with Crippen LogP contribution in [0.5, 0.6) is 0 Å². The molecule has 0 radical (unpaired) electrons. The molecule has 3 amide bonds. The number of rotatable bonds is 2. The minimum Gasteiger partial charge on any atom is -0.328 e. The van der Waals surface area contributed by atoms with Crippen LogP contribution in [0.1, 0.15) is 50.5 Å². The number of aromatic nitrogens is 1. The second-order valence-corrected chi connectivity index (χ2v) is 8.01. The molecule has 4 rings (SSSR count). The highest BCUT2D eigenvalue weighted by Crippen LogP contribution is 2.43. The monoisotopic (exact) mass is 372 g/mol. The van der Waals surface area contributed by atoms with Crippen molar-refractivity contribution in [2.24, 2.45) is 11.7 Å². The number of H-pyrrole nitrogens is 1. The van der Waals surface area contributed by atoms with Crippen molar-refractivity contribution in [1.29, 1.82) is 0 Å². The van der Waals surface area contributed by atoms with Crippen molar-refractivity contribution in [1.82, 2.24) is 10.3 Å². The Hall–Kier alpha value is -2.48. The molecule has 27 heavy (non-hydrogen) atoms. The Labute approximate surface area is 156 Å². The summed E-state index contributed by atoms with van der Waals surface area (Å²) in [5, 5.41) is 2.38. The van der Waals surface area contributed by atoms with Crippen molar-refractivity contribution in [3.63, 3.8) is 0 Å². The predicted octanol–water partition coefficient (Wildman–Crippen LogP) is 0.347. The van der Waals surface area contributed by atoms with Crippen molar-refractivity contribution in [3.05, 3.63) is 28.2 Å². The fourth-order valence-electron chi connectivity index (χ4n) is 4.71. The van der Waals surface area contributed by atoms with Gasteiger partial charge in [0.2, 0.25) is 17.4 Å². The van der Waals surface area contributed by atoms with Gasteiger partial charge in [-0.2, -0.15) is 0 Å². The van der Waals surface area contributed by atoms with Crippen molar-refractivity contribution in [3.8, 4) is 0 Å². The average Bonchev–Trinajstić information content (AvgIpc) is 2.95. The second-order valence-electron chi connectivity index (χ2n) is 8.01. The quantitative estimate of drug-likeness (QED) is 0.646. The van der Waals surface area contributed by atoms with Crippen LogP contribution in [-0.4, -0.2) is 34.3 Å². The third-order valence-corrected chi connectivity index (χ3v) is 6.18. The van der Waals surface area contributed by atoms with Crippen molar-refractivity contribution < 1.29 is 14.4 Å². The molecular formula is C19H24N4O4. The van der Waals surface area contributed by atoms with E-state index in [2.05, 4.69) is 10.3 Å². The number of carbonyl (C=O) groups is 3. The number of nitrogens with zero attached hydrogens (tertiary/aromatic N) is 1. The summed E-state index contributed by atoms with van der Waals surface area (Å²) >= 11 is 0. The lowest BCUT2D eigenvalue weighted by molar-refractivity contribution is -0.139. The molecule has 2 fully saturated rings. The maximum Gasteiger partial charge on any atom is 0.253 e. The number of imide groups is 1. The minimum absolute atomic E-state index is 0.134. The van der Waals surface area contributed by atoms with E-state index in [-0.39, 0.29) is 48.6 Å². The molecule has 0 aromatic carbocycles. The third kappa shape index (κ3) is 3.07. The molecule has 8 heteroatoms. The van der Waals surface area contributed by atoms with E-state index < -0.39 is 11.4 Å². The van der Waals surface area contributed by atoms with Crippen LogP contribution in [-0.2, 0) is 20.8 Å². The Balaban J connectivity index is 1.66. The van der Waals surface area contributed by atoms with Gasteiger partial charge in [0.25, 0.3) is 5.91 Å². The maximum absolute atomic E-state index is 13.3. The molecule has 1 aromatic heterocycles. The van der Waals surface area contributed by atoms with Gasteiger partial charge in [0.05, 0.1) is 5.69 Å². The Morgan fingerprint density at radius 2 is 1.96 bits per heavy atom. The molecule has 1 atom stereocenters. The summed E-state index contributed by atoms with van der Waals surface area (Å²) in [5.74, 6) is -0.673. The van der Waals surface area contributed by atoms with Crippen LogP contribution in [0.15, 0.2) is 17.1 Å². The molecule has 3 heterocycles. The van der Waals surface area contributed by atoms with E-state index in [1.54, 1.807) is 0 Å². The number of hydrogen-bond donors (Lipinski definition) is 3. The molecule has 2 aliphatic heterocycles. The van der Waals surface area contributed by atoms with Crippen LogP contribution in [0.3, 0.4) is 0 Å². The Bertz CT molecular complexity index is 856. The topological polar surface area (TPSA) is 125 Å². The number of pyridine rings is 1. The number of anilines is 1. The smallest absolute Gasteiger partial charge is 0.253 e. The molecular weight excluding hydrogens is 348 g/mol. The molecule has 144 valence electrons. The van der Waals surface area contributed by atoms with Gasteiger partial charge in [0, 0.05) is 37.6 Å². The van der Waals surface area contributed by atoms with Gasteiger partial charge in [-0.3, -0.25) is 29.4 Å². The summed E-state index contributed by atoms with van der Waals surface area (Å²) in [6, 6.07) is 1.64. The lowest BCUT2D eigenvalue weighted by atomic mass is 9.82. The number of piperidine rings is 1. The van der Waals surface area contributed by atoms with Gasteiger partial charge in [-0.1, -0.05) is 0 Å². The highest BCUT2D eigenvalue weighted by atomic mass is 16.2. The highest BCUT2D eigenvalue weighted by molar-refractivity contribution is 6.11. The lowest BCUT2D eigenvalue weighted by Crippen LogP contribution is -2.63. The number of carbonyl (C=O) groups excluding carboxylic acids is 3. The van der Waals surface area contributed by atoms with Gasteiger partial charge in [0.1, 0.15) is 5.54 Å². The van der Waals surface area contributed by atoms with Gasteiger partial charge in [-0.25, -0.2) is 0 Å². The summed E-state index contributed by atoms with van der Waals surface area (Å²) < 4.78 is 0. The molecule has 1 unspecified atom stereocenters. The van der Waals surface area contributed by atoms with Gasteiger partial charge in [0.15, 0.2) is 0 Å². The van der Waals surface area contributed by atoms with E-state index in [9.17, 15) is 19.2 Å². The first-order chi connectivity index (χ1) is 12.9. The number of fused-ring (bicyclic) bond motifs is 1. The first kappa shape index (κ1) is 17.9. The maximum atomic E-state index is 13.3. The minimum atomic E-state index is -1.12. The van der Waals surface area contributed by atoms with Crippen LogP contribution in [0.2, 0.25) is 0 Å². The third-order valence-electron chi connectivity index (χ3n) is 6.18. The van der Waals surface area contributed by atoms with Gasteiger partial charge < -0.3 is 10.7 Å². The first-order valence-electron chi connectivity index (χ1n) is 9.53. The largest absolute Gasteiger partial charge is 0.328 e. The van der Waals surface area contributed by atoms with Crippen LogP contribution in [0, 0.1) is 5.92 Å². The zero-order valence-corrected chi connectivity index (χ0v) is 15.1. The van der Waals surface area contributed by atoms with Gasteiger partial charge in [-0.15, -0.1) is 0 Å². The predicted molar refractivity (Wildman–Crippen MR) is 97.9 cm³/mol. The molecule has 1 aromatic rings. The zero-order valence-electron chi connectivity index (χ0n) is 15.1. The van der Waals surface area contributed by atoms with E-state index in [1.807, 2.05) is 0 Å². The SMILES string of the molecule is NC1CCC(CC(=O)N2c3c[nH]c(=O)cc3CC23CCC(=O)NC3=O)CC1. The normalized spacial score (nSPS) is 30.3. The standard InChI is InChI=1S/C19H24N4O4/c20-13-3-1-11(2-4-13)7-17(26)23-14-10-21-16(25)8-12(14)9-19(23)6-5-15(24)22-18(19)27/h8,10-11,13H,1-7,9,20H2,(H,21,25)(H,22,24,27). The van der Waals surface area contributed by atoms with E-state index >= 15 is 0 Å².